The molecule has 1 atom stereocenters. The number of ether oxygens (including phenoxy) is 1. The standard InChI is InChI=1S/C14H15NO3/c16-9-14(11-4-2-1-3-5-11)12-10(8-18-14)6-7-15-13(12)17/h1-5,16H,6-9H2,(H,15,17). The number of carbonyl (C=O) groups is 1. The molecule has 0 spiro atoms. The largest absolute Gasteiger partial charge is 0.393 e. The highest BCUT2D eigenvalue weighted by Gasteiger charge is 2.47. The van der Waals surface area contributed by atoms with Crippen LogP contribution in [0.2, 0.25) is 0 Å². The Morgan fingerprint density at radius 2 is 2.11 bits per heavy atom. The zero-order valence-corrected chi connectivity index (χ0v) is 9.98. The van der Waals surface area contributed by atoms with E-state index in [0.29, 0.717) is 18.7 Å². The molecule has 0 radical (unpaired) electrons. The molecule has 0 aliphatic carbocycles. The summed E-state index contributed by atoms with van der Waals surface area (Å²) in [6, 6.07) is 9.44. The minimum absolute atomic E-state index is 0.119. The summed E-state index contributed by atoms with van der Waals surface area (Å²) in [5.41, 5.74) is 1.45. The van der Waals surface area contributed by atoms with Crippen LogP contribution in [0.25, 0.3) is 0 Å². The zero-order chi connectivity index (χ0) is 12.6. The van der Waals surface area contributed by atoms with E-state index in [9.17, 15) is 9.90 Å². The summed E-state index contributed by atoms with van der Waals surface area (Å²) in [5.74, 6) is -0.119. The monoisotopic (exact) mass is 245 g/mol. The lowest BCUT2D eigenvalue weighted by Crippen LogP contribution is -2.42. The van der Waals surface area contributed by atoms with Crippen molar-refractivity contribution in [2.24, 2.45) is 0 Å². The molecule has 0 bridgehead atoms. The van der Waals surface area contributed by atoms with Crippen LogP contribution in [0, 0.1) is 0 Å². The van der Waals surface area contributed by atoms with Crippen molar-refractivity contribution >= 4 is 5.91 Å². The van der Waals surface area contributed by atoms with E-state index in [-0.39, 0.29) is 12.5 Å². The number of rotatable bonds is 2. The van der Waals surface area contributed by atoms with Gasteiger partial charge in [0.25, 0.3) is 5.91 Å². The second-order valence-electron chi connectivity index (χ2n) is 4.62. The summed E-state index contributed by atoms with van der Waals surface area (Å²) < 4.78 is 5.81. The van der Waals surface area contributed by atoms with Crippen LogP contribution in [0.15, 0.2) is 41.5 Å². The van der Waals surface area contributed by atoms with E-state index in [0.717, 1.165) is 17.6 Å². The molecule has 2 aliphatic rings. The molecule has 1 unspecified atom stereocenters. The first kappa shape index (κ1) is 11.4. The smallest absolute Gasteiger partial charge is 0.250 e. The van der Waals surface area contributed by atoms with E-state index in [1.54, 1.807) is 0 Å². The van der Waals surface area contributed by atoms with Gasteiger partial charge in [0, 0.05) is 6.54 Å². The third-order valence-electron chi connectivity index (χ3n) is 3.65. The Morgan fingerprint density at radius 3 is 2.83 bits per heavy atom. The van der Waals surface area contributed by atoms with E-state index < -0.39 is 5.60 Å². The fourth-order valence-electron chi connectivity index (χ4n) is 2.75. The number of aliphatic hydroxyl groups is 1. The van der Waals surface area contributed by atoms with Crippen LogP contribution >= 0.6 is 0 Å². The van der Waals surface area contributed by atoms with Crippen molar-refractivity contribution in [1.29, 1.82) is 0 Å². The molecule has 1 aromatic carbocycles. The number of hydrogen-bond acceptors (Lipinski definition) is 3. The molecule has 4 heteroatoms. The van der Waals surface area contributed by atoms with Crippen molar-refractivity contribution < 1.29 is 14.6 Å². The number of amides is 1. The predicted octanol–water partition coefficient (Wildman–Crippen LogP) is 0.721. The van der Waals surface area contributed by atoms with Gasteiger partial charge in [-0.05, 0) is 17.6 Å². The molecule has 0 fully saturated rings. The van der Waals surface area contributed by atoms with Crippen LogP contribution in [-0.2, 0) is 15.1 Å². The molecule has 2 heterocycles. The lowest BCUT2D eigenvalue weighted by atomic mass is 9.83. The van der Waals surface area contributed by atoms with E-state index in [1.807, 2.05) is 30.3 Å². The first-order valence-electron chi connectivity index (χ1n) is 6.09. The van der Waals surface area contributed by atoms with Crippen molar-refractivity contribution in [2.45, 2.75) is 12.0 Å². The molecular weight excluding hydrogens is 230 g/mol. The van der Waals surface area contributed by atoms with Crippen LogP contribution in [0.4, 0.5) is 0 Å². The Bertz CT molecular complexity index is 509. The van der Waals surface area contributed by atoms with E-state index in [2.05, 4.69) is 5.32 Å². The van der Waals surface area contributed by atoms with Gasteiger partial charge >= 0.3 is 0 Å². The van der Waals surface area contributed by atoms with Crippen LogP contribution in [0.3, 0.4) is 0 Å². The highest BCUT2D eigenvalue weighted by Crippen LogP contribution is 2.42. The molecule has 1 aromatic rings. The molecular formula is C14H15NO3. The highest BCUT2D eigenvalue weighted by atomic mass is 16.5. The SMILES string of the molecule is O=C1NCCC2=C1C(CO)(c1ccccc1)OC2. The fourth-order valence-corrected chi connectivity index (χ4v) is 2.75. The summed E-state index contributed by atoms with van der Waals surface area (Å²) in [7, 11) is 0. The predicted molar refractivity (Wildman–Crippen MR) is 65.8 cm³/mol. The van der Waals surface area contributed by atoms with Crippen molar-refractivity contribution in [2.75, 3.05) is 19.8 Å². The average molecular weight is 245 g/mol. The maximum atomic E-state index is 12.1. The van der Waals surface area contributed by atoms with E-state index in [4.69, 9.17) is 4.74 Å². The lowest BCUT2D eigenvalue weighted by molar-refractivity contribution is -0.121. The molecule has 0 saturated heterocycles. The third-order valence-corrected chi connectivity index (χ3v) is 3.65. The maximum absolute atomic E-state index is 12.1. The molecule has 2 N–H and O–H groups in total. The minimum atomic E-state index is -0.985. The number of aliphatic hydroxyl groups excluding tert-OH is 1. The van der Waals surface area contributed by atoms with Gasteiger partial charge in [-0.25, -0.2) is 0 Å². The van der Waals surface area contributed by atoms with Crippen LogP contribution in [-0.4, -0.2) is 30.8 Å². The van der Waals surface area contributed by atoms with Gasteiger partial charge in [-0.1, -0.05) is 30.3 Å². The Hall–Kier alpha value is -1.65. The first-order valence-corrected chi connectivity index (χ1v) is 6.09. The Labute approximate surface area is 105 Å². The van der Waals surface area contributed by atoms with Crippen LogP contribution in [0.1, 0.15) is 12.0 Å². The van der Waals surface area contributed by atoms with Crippen LogP contribution < -0.4 is 5.32 Å². The summed E-state index contributed by atoms with van der Waals surface area (Å²) in [6.07, 6.45) is 0.801. The summed E-state index contributed by atoms with van der Waals surface area (Å²) in [5, 5.41) is 12.6. The van der Waals surface area contributed by atoms with Gasteiger partial charge < -0.3 is 15.2 Å². The molecule has 4 nitrogen and oxygen atoms in total. The molecule has 0 aromatic heterocycles. The highest BCUT2D eigenvalue weighted by molar-refractivity contribution is 5.98. The zero-order valence-electron chi connectivity index (χ0n) is 9.98. The number of nitrogens with one attached hydrogen (secondary N) is 1. The fraction of sp³-hybridized carbons (Fsp3) is 0.357. The van der Waals surface area contributed by atoms with Gasteiger partial charge in [0.05, 0.1) is 18.8 Å². The summed E-state index contributed by atoms with van der Waals surface area (Å²) in [6.45, 7) is 0.860. The molecule has 1 amide bonds. The molecule has 2 aliphatic heterocycles. The third kappa shape index (κ3) is 1.50. The van der Waals surface area contributed by atoms with Gasteiger partial charge in [0.2, 0.25) is 0 Å². The van der Waals surface area contributed by atoms with Crippen molar-refractivity contribution in [3.63, 3.8) is 0 Å². The molecule has 3 rings (SSSR count). The molecule has 0 saturated carbocycles. The van der Waals surface area contributed by atoms with Crippen molar-refractivity contribution in [3.8, 4) is 0 Å². The number of hydrogen-bond donors (Lipinski definition) is 2. The van der Waals surface area contributed by atoms with Crippen molar-refractivity contribution in [3.05, 3.63) is 47.0 Å². The maximum Gasteiger partial charge on any atom is 0.250 e. The lowest BCUT2D eigenvalue weighted by Gasteiger charge is -2.30. The minimum Gasteiger partial charge on any atom is -0.393 e. The van der Waals surface area contributed by atoms with E-state index >= 15 is 0 Å². The van der Waals surface area contributed by atoms with Crippen LogP contribution in [0.5, 0.6) is 0 Å². The Kier molecular flexibility index (Phi) is 2.69. The topological polar surface area (TPSA) is 58.6 Å². The van der Waals surface area contributed by atoms with Gasteiger partial charge in [-0.2, -0.15) is 0 Å². The van der Waals surface area contributed by atoms with Crippen molar-refractivity contribution in [1.82, 2.24) is 5.32 Å². The van der Waals surface area contributed by atoms with Gasteiger partial charge in [0.1, 0.15) is 5.60 Å². The second kappa shape index (κ2) is 4.23. The van der Waals surface area contributed by atoms with Gasteiger partial charge in [-0.3, -0.25) is 4.79 Å². The Morgan fingerprint density at radius 1 is 1.33 bits per heavy atom. The quantitative estimate of drug-likeness (QED) is 0.807. The first-order chi connectivity index (χ1) is 8.78. The molecule has 94 valence electrons. The number of carbonyl (C=O) groups excluding carboxylic acids is 1. The summed E-state index contributed by atoms with van der Waals surface area (Å²) in [4.78, 5) is 12.1. The van der Waals surface area contributed by atoms with E-state index in [1.165, 1.54) is 0 Å². The normalized spacial score (nSPS) is 27.1. The summed E-state index contributed by atoms with van der Waals surface area (Å²) >= 11 is 0. The molecule has 18 heavy (non-hydrogen) atoms. The van der Waals surface area contributed by atoms with Gasteiger partial charge in [-0.15, -0.1) is 0 Å². The number of benzene rings is 1. The Balaban J connectivity index is 2.13. The van der Waals surface area contributed by atoms with Gasteiger partial charge in [0.15, 0.2) is 0 Å². The second-order valence-corrected chi connectivity index (χ2v) is 4.62. The average Bonchev–Trinajstić information content (AvgIpc) is 2.81.